The maximum absolute atomic E-state index is 13.2. The van der Waals surface area contributed by atoms with Crippen LogP contribution in [0.3, 0.4) is 0 Å². The molecule has 0 spiro atoms. The summed E-state index contributed by atoms with van der Waals surface area (Å²) >= 11 is 0. The minimum Gasteiger partial charge on any atom is -0.466 e. The average molecular weight is 508 g/mol. The van der Waals surface area contributed by atoms with Gasteiger partial charge in [-0.2, -0.15) is 10.2 Å². The zero-order valence-corrected chi connectivity index (χ0v) is 20.4. The van der Waals surface area contributed by atoms with Gasteiger partial charge in [-0.3, -0.25) is 4.90 Å². The number of hydrogen-bond acceptors (Lipinski definition) is 10. The van der Waals surface area contributed by atoms with Crippen LogP contribution in [0.15, 0.2) is 100 Å². The second-order valence-electron chi connectivity index (χ2n) is 8.23. The highest BCUT2D eigenvalue weighted by Crippen LogP contribution is 2.43. The average Bonchev–Trinajstić information content (AvgIpc) is 3.40. The summed E-state index contributed by atoms with van der Waals surface area (Å²) < 4.78 is 16.0. The molecule has 2 aromatic heterocycles. The summed E-state index contributed by atoms with van der Waals surface area (Å²) in [6.07, 6.45) is 1.61. The fourth-order valence-corrected chi connectivity index (χ4v) is 4.45. The molecule has 2 N–H and O–H groups in total. The van der Waals surface area contributed by atoms with Crippen molar-refractivity contribution in [1.82, 2.24) is 9.97 Å². The molecule has 0 saturated carbocycles. The molecule has 0 saturated heterocycles. The zero-order valence-electron chi connectivity index (χ0n) is 20.4. The molecule has 188 valence electrons. The summed E-state index contributed by atoms with van der Waals surface area (Å²) in [5.74, 6) is -2.33. The van der Waals surface area contributed by atoms with Crippen LogP contribution in [0, 0.1) is 11.3 Å². The summed E-state index contributed by atoms with van der Waals surface area (Å²) in [6.45, 7) is 0. The highest BCUT2D eigenvalue weighted by atomic mass is 16.5. The van der Waals surface area contributed by atoms with E-state index in [2.05, 4.69) is 16.0 Å². The van der Waals surface area contributed by atoms with Gasteiger partial charge in [-0.1, -0.05) is 36.4 Å². The van der Waals surface area contributed by atoms with Gasteiger partial charge in [0.15, 0.2) is 11.2 Å². The van der Waals surface area contributed by atoms with E-state index in [0.717, 1.165) is 0 Å². The molecule has 3 heterocycles. The molecule has 0 bridgehead atoms. The number of nitriles is 1. The van der Waals surface area contributed by atoms with Crippen molar-refractivity contribution < 1.29 is 23.5 Å². The molecule has 1 aliphatic heterocycles. The molecule has 0 radical (unpaired) electrons. The van der Waals surface area contributed by atoms with E-state index in [4.69, 9.17) is 19.6 Å². The number of benzene rings is 2. The largest absolute Gasteiger partial charge is 0.466 e. The Morgan fingerprint density at radius 3 is 2.47 bits per heavy atom. The second kappa shape index (κ2) is 9.91. The lowest BCUT2D eigenvalue weighted by Gasteiger charge is -2.36. The fraction of sp³-hybridized carbons (Fsp3) is 0.107. The number of hydrogen-bond donors (Lipinski definition) is 1. The molecule has 0 amide bonds. The third kappa shape index (κ3) is 4.02. The van der Waals surface area contributed by atoms with Crippen LogP contribution >= 0.6 is 0 Å². The Labute approximate surface area is 217 Å². The lowest BCUT2D eigenvalue weighted by atomic mass is 9.81. The van der Waals surface area contributed by atoms with Crippen LogP contribution in [0.5, 0.6) is 0 Å². The molecule has 5 rings (SSSR count). The molecular weight excluding hydrogens is 486 g/mol. The molecule has 1 unspecified atom stereocenters. The predicted octanol–water partition coefficient (Wildman–Crippen LogP) is 3.79. The van der Waals surface area contributed by atoms with Crippen molar-refractivity contribution in [3.05, 3.63) is 101 Å². The Kier molecular flexibility index (Phi) is 6.33. The number of rotatable bonds is 5. The van der Waals surface area contributed by atoms with E-state index in [1.165, 1.54) is 19.1 Å². The number of allylic oxidation sites excluding steroid dienone is 1. The van der Waals surface area contributed by atoms with Crippen molar-refractivity contribution in [3.63, 3.8) is 0 Å². The number of anilines is 1. The Morgan fingerprint density at radius 2 is 1.79 bits per heavy atom. The maximum atomic E-state index is 13.2. The van der Waals surface area contributed by atoms with Gasteiger partial charge in [-0.25, -0.2) is 14.6 Å². The lowest BCUT2D eigenvalue weighted by molar-refractivity contribution is -0.139. The number of ether oxygens (including phenoxy) is 2. The monoisotopic (exact) mass is 507 g/mol. The number of oxazole rings is 1. The van der Waals surface area contributed by atoms with Crippen molar-refractivity contribution >= 4 is 28.9 Å². The third-order valence-electron chi connectivity index (χ3n) is 6.13. The van der Waals surface area contributed by atoms with Crippen molar-refractivity contribution in [2.45, 2.75) is 5.92 Å². The van der Waals surface area contributed by atoms with Crippen molar-refractivity contribution in [3.8, 4) is 17.5 Å². The van der Waals surface area contributed by atoms with Gasteiger partial charge in [-0.15, -0.1) is 0 Å². The number of carbonyl (C=O) groups excluding carboxylic acids is 2. The van der Waals surface area contributed by atoms with Gasteiger partial charge >= 0.3 is 11.9 Å². The molecule has 38 heavy (non-hydrogen) atoms. The van der Waals surface area contributed by atoms with Crippen molar-refractivity contribution in [2.24, 2.45) is 5.73 Å². The molecule has 4 aromatic rings. The normalized spacial score (nSPS) is 15.4. The van der Waals surface area contributed by atoms with Gasteiger partial charge in [-0.05, 0) is 35.9 Å². The van der Waals surface area contributed by atoms with E-state index in [1.807, 2.05) is 0 Å². The van der Waals surface area contributed by atoms with Gasteiger partial charge in [0.2, 0.25) is 5.89 Å². The van der Waals surface area contributed by atoms with Crippen LogP contribution in [0.1, 0.15) is 11.5 Å². The van der Waals surface area contributed by atoms with Gasteiger partial charge < -0.3 is 19.6 Å². The van der Waals surface area contributed by atoms with Gasteiger partial charge in [0.1, 0.15) is 11.5 Å². The zero-order chi connectivity index (χ0) is 26.8. The van der Waals surface area contributed by atoms with Gasteiger partial charge in [0.05, 0.1) is 37.4 Å². The third-order valence-corrected chi connectivity index (χ3v) is 6.13. The van der Waals surface area contributed by atoms with E-state index in [0.29, 0.717) is 33.9 Å². The molecule has 1 aliphatic rings. The highest BCUT2D eigenvalue weighted by Gasteiger charge is 2.43. The first-order valence-corrected chi connectivity index (χ1v) is 11.5. The first-order valence-electron chi connectivity index (χ1n) is 11.5. The Balaban J connectivity index is 1.75. The summed E-state index contributed by atoms with van der Waals surface area (Å²) in [5, 5.41) is 10.2. The van der Waals surface area contributed by atoms with E-state index >= 15 is 0 Å². The Bertz CT molecular complexity index is 1630. The van der Waals surface area contributed by atoms with Crippen LogP contribution in [0.25, 0.3) is 22.7 Å². The van der Waals surface area contributed by atoms with Gasteiger partial charge in [0.25, 0.3) is 0 Å². The lowest BCUT2D eigenvalue weighted by Crippen LogP contribution is -2.40. The maximum Gasteiger partial charge on any atom is 0.355 e. The van der Waals surface area contributed by atoms with E-state index in [9.17, 15) is 14.9 Å². The molecule has 10 nitrogen and oxygen atoms in total. The van der Waals surface area contributed by atoms with Crippen molar-refractivity contribution in [1.29, 1.82) is 5.26 Å². The van der Waals surface area contributed by atoms with Crippen LogP contribution in [-0.4, -0.2) is 36.1 Å². The number of esters is 2. The number of nitrogens with zero attached hydrogens (tertiary/aromatic N) is 4. The summed E-state index contributed by atoms with van der Waals surface area (Å²) in [6, 6.07) is 21.2. The first-order chi connectivity index (χ1) is 18.5. The molecular formula is C28H21N5O5. The van der Waals surface area contributed by atoms with Crippen LogP contribution in [0.4, 0.5) is 5.69 Å². The standard InChI is InChI=1S/C28H21N5O5/c1-36-27(34)22-21(16-8-4-3-5-9-16)19(15-29)24(30)33(23(22)28(35)37-2)18-11-6-10-17(14-18)26-32-25-20(38-26)12-7-13-31-25/h3-14,21H,30H2,1-2H3. The molecule has 1 atom stereocenters. The number of fused-ring (bicyclic) bond motifs is 1. The predicted molar refractivity (Wildman–Crippen MR) is 137 cm³/mol. The topological polar surface area (TPSA) is 145 Å². The summed E-state index contributed by atoms with van der Waals surface area (Å²) in [7, 11) is 2.40. The number of carbonyl (C=O) groups is 2. The van der Waals surface area contributed by atoms with E-state index < -0.39 is 17.9 Å². The molecule has 0 aliphatic carbocycles. The fourth-order valence-electron chi connectivity index (χ4n) is 4.45. The Morgan fingerprint density at radius 1 is 1.03 bits per heavy atom. The smallest absolute Gasteiger partial charge is 0.355 e. The van der Waals surface area contributed by atoms with Crippen LogP contribution < -0.4 is 10.6 Å². The Hall–Kier alpha value is -5.43. The minimum absolute atomic E-state index is 0.0363. The number of aromatic nitrogens is 2. The highest BCUT2D eigenvalue weighted by molar-refractivity contribution is 6.06. The quantitative estimate of drug-likeness (QED) is 0.396. The molecule has 2 aromatic carbocycles. The number of pyridine rings is 1. The molecule has 10 heteroatoms. The SMILES string of the molecule is COC(=O)C1=C(C(=O)OC)N(c2cccc(-c3nc4ncccc4o3)c2)C(N)=C(C#N)C1c1ccccc1. The first kappa shape index (κ1) is 24.3. The van der Waals surface area contributed by atoms with Gasteiger partial charge in [0, 0.05) is 17.4 Å². The van der Waals surface area contributed by atoms with Crippen LogP contribution in [-0.2, 0) is 19.1 Å². The van der Waals surface area contributed by atoms with Crippen LogP contribution in [0.2, 0.25) is 0 Å². The number of nitrogens with two attached hydrogens (primary N) is 1. The summed E-state index contributed by atoms with van der Waals surface area (Å²) in [5.41, 5.74) is 8.85. The summed E-state index contributed by atoms with van der Waals surface area (Å²) in [4.78, 5) is 36.4. The van der Waals surface area contributed by atoms with E-state index in [-0.39, 0.29) is 22.7 Å². The molecule has 0 fully saturated rings. The van der Waals surface area contributed by atoms with E-state index in [1.54, 1.807) is 72.9 Å². The second-order valence-corrected chi connectivity index (χ2v) is 8.23. The minimum atomic E-state index is -0.953. The number of methoxy groups -OCH3 is 2. The van der Waals surface area contributed by atoms with Crippen molar-refractivity contribution in [2.75, 3.05) is 19.1 Å².